The zero-order valence-electron chi connectivity index (χ0n) is 19.4. The molecular weight excluding hydrogens is 444 g/mol. The summed E-state index contributed by atoms with van der Waals surface area (Å²) in [5.74, 6) is -0.252. The molecule has 0 bridgehead atoms. The Morgan fingerprint density at radius 2 is 1.76 bits per heavy atom. The van der Waals surface area contributed by atoms with Crippen LogP contribution in [0.15, 0.2) is 78.2 Å². The van der Waals surface area contributed by atoms with Gasteiger partial charge in [-0.05, 0) is 47.2 Å². The molecule has 0 saturated carbocycles. The maximum Gasteiger partial charge on any atom is 0.352 e. The number of carbonyl (C=O) groups is 1. The minimum absolute atomic E-state index is 0.293. The summed E-state index contributed by atoms with van der Waals surface area (Å²) in [6.45, 7) is 5.34. The van der Waals surface area contributed by atoms with Gasteiger partial charge in [0.1, 0.15) is 11.4 Å². The third-order valence-corrected chi connectivity index (χ3v) is 6.67. The number of hydrogen-bond donors (Lipinski definition) is 2. The largest absolute Gasteiger partial charge is 0.497 e. The number of thioether (sulfide) groups is 1. The fourth-order valence-corrected chi connectivity index (χ4v) is 4.54. The number of aromatic nitrogens is 1. The number of fused-ring (bicyclic) bond motifs is 1. The number of nitrogens with one attached hydrogen (secondary N) is 1. The Balaban J connectivity index is 1.70. The second-order valence-electron chi connectivity index (χ2n) is 8.00. The molecule has 0 aliphatic carbocycles. The summed E-state index contributed by atoms with van der Waals surface area (Å²) in [6, 6.07) is 22.1. The smallest absolute Gasteiger partial charge is 0.352 e. The molecule has 34 heavy (non-hydrogen) atoms. The molecule has 0 spiro atoms. The third kappa shape index (κ3) is 5.03. The predicted octanol–water partition coefficient (Wildman–Crippen LogP) is 6.05. The number of methoxy groups -OCH3 is 1. The zero-order chi connectivity index (χ0) is 24.1. The molecule has 0 unspecified atom stereocenters. The molecule has 0 aliphatic rings. The fraction of sp³-hybridized carbons (Fsp3) is 0.179. The van der Waals surface area contributed by atoms with Gasteiger partial charge in [-0.15, -0.1) is 11.8 Å². The number of ether oxygens (including phenoxy) is 1. The maximum absolute atomic E-state index is 12.5. The van der Waals surface area contributed by atoms with Crippen LogP contribution in [0.2, 0.25) is 0 Å². The van der Waals surface area contributed by atoms with Gasteiger partial charge in [-0.3, -0.25) is 0 Å². The molecule has 0 atom stereocenters. The van der Waals surface area contributed by atoms with Crippen LogP contribution in [0.25, 0.3) is 17.0 Å². The highest BCUT2D eigenvalue weighted by atomic mass is 32.2. The van der Waals surface area contributed by atoms with Crippen molar-refractivity contribution in [1.29, 1.82) is 0 Å². The molecule has 1 heterocycles. The van der Waals surface area contributed by atoms with Gasteiger partial charge in [0.05, 0.1) is 12.6 Å². The van der Waals surface area contributed by atoms with E-state index < -0.39 is 5.97 Å². The topological polar surface area (TPSA) is 63.5 Å². The Morgan fingerprint density at radius 3 is 2.38 bits per heavy atom. The van der Waals surface area contributed by atoms with Crippen molar-refractivity contribution in [3.05, 3.63) is 101 Å². The van der Waals surface area contributed by atoms with Crippen molar-refractivity contribution < 1.29 is 14.6 Å². The fourth-order valence-electron chi connectivity index (χ4n) is 4.13. The molecular formula is C28H28N2O3S. The van der Waals surface area contributed by atoms with Gasteiger partial charge in [0.25, 0.3) is 0 Å². The minimum Gasteiger partial charge on any atom is -0.497 e. The number of hydrogen-bond acceptors (Lipinski definition) is 4. The molecule has 2 N–H and O–H groups in total. The molecule has 0 saturated heterocycles. The molecule has 174 valence electrons. The van der Waals surface area contributed by atoms with E-state index in [0.29, 0.717) is 31.1 Å². The summed E-state index contributed by atoms with van der Waals surface area (Å²) in [4.78, 5) is 13.7. The average molecular weight is 473 g/mol. The van der Waals surface area contributed by atoms with Crippen LogP contribution in [0.4, 0.5) is 0 Å². The summed E-state index contributed by atoms with van der Waals surface area (Å²) in [7, 11) is 1.62. The van der Waals surface area contributed by atoms with Gasteiger partial charge in [-0.1, -0.05) is 49.1 Å². The molecule has 4 rings (SSSR count). The van der Waals surface area contributed by atoms with Crippen LogP contribution in [-0.4, -0.2) is 29.0 Å². The molecule has 0 radical (unpaired) electrons. The maximum atomic E-state index is 12.5. The van der Waals surface area contributed by atoms with Crippen LogP contribution in [0.3, 0.4) is 0 Å². The van der Waals surface area contributed by atoms with Crippen LogP contribution in [-0.2, 0) is 19.6 Å². The first kappa shape index (κ1) is 23.7. The molecule has 0 fully saturated rings. The second kappa shape index (κ2) is 10.6. The Morgan fingerprint density at radius 1 is 1.06 bits per heavy atom. The first-order chi connectivity index (χ1) is 16.5. The predicted molar refractivity (Wildman–Crippen MR) is 140 cm³/mol. The van der Waals surface area contributed by atoms with E-state index in [-0.39, 0.29) is 0 Å². The van der Waals surface area contributed by atoms with E-state index in [1.165, 1.54) is 4.90 Å². The van der Waals surface area contributed by atoms with Crippen LogP contribution in [0.1, 0.15) is 32.7 Å². The molecule has 3 aromatic carbocycles. The Kier molecular flexibility index (Phi) is 7.40. The van der Waals surface area contributed by atoms with E-state index in [4.69, 9.17) is 4.74 Å². The molecule has 0 amide bonds. The van der Waals surface area contributed by atoms with Crippen LogP contribution >= 0.6 is 11.8 Å². The highest BCUT2D eigenvalue weighted by Gasteiger charge is 2.23. The van der Waals surface area contributed by atoms with E-state index >= 15 is 0 Å². The number of benzene rings is 3. The van der Waals surface area contributed by atoms with Gasteiger partial charge in [-0.25, -0.2) is 4.79 Å². The highest BCUT2D eigenvalue weighted by Crippen LogP contribution is 2.31. The van der Waals surface area contributed by atoms with Crippen molar-refractivity contribution >= 4 is 34.7 Å². The minimum atomic E-state index is -0.945. The number of carboxylic acid groups (broad SMARTS) is 1. The van der Waals surface area contributed by atoms with Crippen LogP contribution < -0.4 is 10.1 Å². The van der Waals surface area contributed by atoms with E-state index in [9.17, 15) is 9.90 Å². The zero-order valence-corrected chi connectivity index (χ0v) is 20.2. The average Bonchev–Trinajstić information content (AvgIpc) is 3.17. The normalized spacial score (nSPS) is 11.0. The number of nitrogens with zero attached hydrogens (tertiary/aromatic N) is 1. The van der Waals surface area contributed by atoms with Gasteiger partial charge < -0.3 is 19.7 Å². The summed E-state index contributed by atoms with van der Waals surface area (Å²) in [5, 5.41) is 14.6. The van der Waals surface area contributed by atoms with E-state index in [2.05, 4.69) is 42.4 Å². The van der Waals surface area contributed by atoms with Gasteiger partial charge in [0.15, 0.2) is 0 Å². The number of aromatic carboxylic acids is 1. The Labute approximate surface area is 204 Å². The lowest BCUT2D eigenvalue weighted by molar-refractivity contribution is 0.0684. The van der Waals surface area contributed by atoms with Crippen molar-refractivity contribution in [3.8, 4) is 5.75 Å². The van der Waals surface area contributed by atoms with E-state index in [1.54, 1.807) is 24.9 Å². The van der Waals surface area contributed by atoms with Crippen molar-refractivity contribution in [1.82, 2.24) is 9.88 Å². The Hall–Kier alpha value is -3.48. The number of carboxylic acids is 1. The molecule has 6 heteroatoms. The summed E-state index contributed by atoms with van der Waals surface area (Å²) in [5.41, 5.74) is 5.10. The van der Waals surface area contributed by atoms with Crippen LogP contribution in [0.5, 0.6) is 5.75 Å². The van der Waals surface area contributed by atoms with Crippen molar-refractivity contribution in [2.75, 3.05) is 13.4 Å². The number of rotatable bonds is 10. The van der Waals surface area contributed by atoms with Crippen molar-refractivity contribution in [2.24, 2.45) is 0 Å². The highest BCUT2D eigenvalue weighted by molar-refractivity contribution is 7.98. The van der Waals surface area contributed by atoms with Gasteiger partial charge in [-0.2, -0.15) is 0 Å². The first-order valence-corrected chi connectivity index (χ1v) is 12.2. The van der Waals surface area contributed by atoms with Crippen molar-refractivity contribution in [3.63, 3.8) is 0 Å². The SMILES string of the molecule is C=Cc1ccc(Cn2c(C(=O)O)c(CNCc3ccc(SC)cc3)c3ccc(OC)cc32)cc1. The molecule has 5 nitrogen and oxygen atoms in total. The first-order valence-electron chi connectivity index (χ1n) is 11.0. The van der Waals surface area contributed by atoms with Gasteiger partial charge in [0, 0.05) is 41.5 Å². The summed E-state index contributed by atoms with van der Waals surface area (Å²) < 4.78 is 7.30. The lowest BCUT2D eigenvalue weighted by atomic mass is 10.1. The monoisotopic (exact) mass is 472 g/mol. The molecule has 1 aromatic heterocycles. The lowest BCUT2D eigenvalue weighted by Crippen LogP contribution is -2.17. The summed E-state index contributed by atoms with van der Waals surface area (Å²) in [6.07, 6.45) is 3.85. The molecule has 0 aliphatic heterocycles. The van der Waals surface area contributed by atoms with Gasteiger partial charge in [0.2, 0.25) is 0 Å². The lowest BCUT2D eigenvalue weighted by Gasteiger charge is -2.11. The Bertz CT molecular complexity index is 1310. The molecule has 4 aromatic rings. The second-order valence-corrected chi connectivity index (χ2v) is 8.88. The third-order valence-electron chi connectivity index (χ3n) is 5.93. The van der Waals surface area contributed by atoms with E-state index in [0.717, 1.165) is 33.2 Å². The standard InChI is InChI=1S/C28H28N2O3S/c1-4-19-5-7-21(8-6-19)18-30-26-15-22(33-2)11-14-24(26)25(27(30)28(31)32)17-29-16-20-9-12-23(34-3)13-10-20/h4-15,29H,1,16-18H2,2-3H3,(H,31,32). The summed E-state index contributed by atoms with van der Waals surface area (Å²) >= 11 is 1.71. The van der Waals surface area contributed by atoms with Crippen LogP contribution in [0, 0.1) is 0 Å². The van der Waals surface area contributed by atoms with E-state index in [1.807, 2.05) is 47.0 Å². The van der Waals surface area contributed by atoms with Crippen molar-refractivity contribution in [2.45, 2.75) is 24.5 Å². The quantitative estimate of drug-likeness (QED) is 0.275. The van der Waals surface area contributed by atoms with Gasteiger partial charge >= 0.3 is 5.97 Å².